The molecule has 14 heavy (non-hydrogen) atoms. The fraction of sp³-hybridized carbons (Fsp3) is 0.500. The Kier molecular flexibility index (Phi) is 2.07. The summed E-state index contributed by atoms with van der Waals surface area (Å²) < 4.78 is 0. The van der Waals surface area contributed by atoms with E-state index in [1.54, 1.807) is 6.92 Å². The third kappa shape index (κ3) is 1.53. The van der Waals surface area contributed by atoms with Gasteiger partial charge in [0.2, 0.25) is 5.91 Å². The van der Waals surface area contributed by atoms with E-state index >= 15 is 0 Å². The molecule has 1 unspecified atom stereocenters. The summed E-state index contributed by atoms with van der Waals surface area (Å²) in [7, 11) is 0. The lowest BCUT2D eigenvalue weighted by Gasteiger charge is -2.17. The lowest BCUT2D eigenvalue weighted by Crippen LogP contribution is -2.43. The van der Waals surface area contributed by atoms with E-state index in [9.17, 15) is 4.79 Å². The highest BCUT2D eigenvalue weighted by molar-refractivity contribution is 5.82. The van der Waals surface area contributed by atoms with Crippen molar-refractivity contribution in [2.24, 2.45) is 5.73 Å². The molecule has 4 N–H and O–H groups in total. The highest BCUT2D eigenvalue weighted by Crippen LogP contribution is 2.45. The maximum absolute atomic E-state index is 11.4. The van der Waals surface area contributed by atoms with Gasteiger partial charge in [-0.15, -0.1) is 0 Å². The zero-order chi connectivity index (χ0) is 10.2. The van der Waals surface area contributed by atoms with Crippen LogP contribution in [0, 0.1) is 0 Å². The predicted molar refractivity (Wildman–Crippen MR) is 53.5 cm³/mol. The second-order valence-corrected chi connectivity index (χ2v) is 3.96. The minimum atomic E-state index is -0.439. The zero-order valence-corrected chi connectivity index (χ0v) is 8.21. The Labute approximate surface area is 82.9 Å². The number of aromatic nitrogens is 1. The third-order valence-electron chi connectivity index (χ3n) is 2.68. The number of hydrogen-bond acceptors (Lipinski definition) is 2. The molecule has 1 heterocycles. The molecule has 0 aliphatic heterocycles. The first kappa shape index (κ1) is 9.27. The number of nitrogens with one attached hydrogen (secondary N) is 2. The number of carbonyl (C=O) groups excluding carboxylic acids is 1. The van der Waals surface area contributed by atoms with E-state index in [1.165, 1.54) is 0 Å². The van der Waals surface area contributed by atoms with Crippen LogP contribution in [0.5, 0.6) is 0 Å². The average Bonchev–Trinajstić information content (AvgIpc) is 2.72. The van der Waals surface area contributed by atoms with Crippen molar-refractivity contribution in [3.05, 3.63) is 24.0 Å². The van der Waals surface area contributed by atoms with E-state index in [-0.39, 0.29) is 11.4 Å². The number of aromatic amines is 1. The van der Waals surface area contributed by atoms with Gasteiger partial charge in [0.25, 0.3) is 0 Å². The van der Waals surface area contributed by atoms with Crippen molar-refractivity contribution in [1.29, 1.82) is 0 Å². The summed E-state index contributed by atoms with van der Waals surface area (Å²) >= 11 is 0. The smallest absolute Gasteiger partial charge is 0.237 e. The summed E-state index contributed by atoms with van der Waals surface area (Å²) in [4.78, 5) is 14.4. The van der Waals surface area contributed by atoms with E-state index < -0.39 is 6.04 Å². The first-order valence-electron chi connectivity index (χ1n) is 4.85. The van der Waals surface area contributed by atoms with Crippen molar-refractivity contribution >= 4 is 5.91 Å². The number of hydrogen-bond donors (Lipinski definition) is 3. The Morgan fingerprint density at radius 2 is 2.43 bits per heavy atom. The molecule has 1 amide bonds. The Hall–Kier alpha value is -1.29. The predicted octanol–water partition coefficient (Wildman–Crippen LogP) is 0.467. The van der Waals surface area contributed by atoms with Crippen LogP contribution in [0.15, 0.2) is 18.5 Å². The molecule has 0 radical (unpaired) electrons. The molecule has 1 aliphatic rings. The number of carbonyl (C=O) groups is 1. The van der Waals surface area contributed by atoms with Crippen molar-refractivity contribution in [1.82, 2.24) is 10.3 Å². The van der Waals surface area contributed by atoms with Gasteiger partial charge in [0, 0.05) is 12.4 Å². The van der Waals surface area contributed by atoms with Gasteiger partial charge >= 0.3 is 0 Å². The Morgan fingerprint density at radius 1 is 1.71 bits per heavy atom. The van der Waals surface area contributed by atoms with E-state index in [0.29, 0.717) is 0 Å². The van der Waals surface area contributed by atoms with Crippen molar-refractivity contribution in [2.45, 2.75) is 31.3 Å². The molecule has 76 valence electrons. The fourth-order valence-corrected chi connectivity index (χ4v) is 1.58. The monoisotopic (exact) mass is 193 g/mol. The largest absolute Gasteiger partial charge is 0.367 e. The normalized spacial score (nSPS) is 20.1. The summed E-state index contributed by atoms with van der Waals surface area (Å²) in [5.41, 5.74) is 6.52. The highest BCUT2D eigenvalue weighted by Gasteiger charge is 2.46. The fourth-order valence-electron chi connectivity index (χ4n) is 1.58. The number of nitrogens with two attached hydrogens (primary N) is 1. The van der Waals surface area contributed by atoms with Gasteiger partial charge in [-0.25, -0.2) is 0 Å². The van der Waals surface area contributed by atoms with Gasteiger partial charge in [0.15, 0.2) is 0 Å². The number of H-pyrrole nitrogens is 1. The van der Waals surface area contributed by atoms with Crippen LogP contribution in [0.2, 0.25) is 0 Å². The van der Waals surface area contributed by atoms with E-state index in [4.69, 9.17) is 5.73 Å². The first-order valence-corrected chi connectivity index (χ1v) is 4.85. The average molecular weight is 193 g/mol. The molecule has 0 aromatic carbocycles. The van der Waals surface area contributed by atoms with Crippen LogP contribution < -0.4 is 11.1 Å². The van der Waals surface area contributed by atoms with Gasteiger partial charge in [-0.05, 0) is 31.4 Å². The molecule has 0 bridgehead atoms. The maximum atomic E-state index is 11.4. The summed E-state index contributed by atoms with van der Waals surface area (Å²) in [6, 6.07) is 1.56. The first-order chi connectivity index (χ1) is 6.64. The van der Waals surface area contributed by atoms with Crippen molar-refractivity contribution in [3.8, 4) is 0 Å². The van der Waals surface area contributed by atoms with Gasteiger partial charge in [-0.2, -0.15) is 0 Å². The molecule has 1 aromatic rings. The van der Waals surface area contributed by atoms with E-state index in [1.807, 2.05) is 18.5 Å². The molecule has 1 aromatic heterocycles. The minimum absolute atomic E-state index is 0.0799. The molecule has 1 aliphatic carbocycles. The van der Waals surface area contributed by atoms with Crippen molar-refractivity contribution in [2.75, 3.05) is 0 Å². The van der Waals surface area contributed by atoms with Gasteiger partial charge < -0.3 is 16.0 Å². The standard InChI is InChI=1S/C10H15N3O/c1-7(11)9(14)13-10(3-4-10)8-2-5-12-6-8/h2,5-7,12H,3-4,11H2,1H3,(H,13,14). The quantitative estimate of drug-likeness (QED) is 0.653. The molecule has 0 saturated heterocycles. The van der Waals surface area contributed by atoms with Crippen LogP contribution in [0.4, 0.5) is 0 Å². The van der Waals surface area contributed by atoms with E-state index in [2.05, 4.69) is 10.3 Å². The number of amides is 1. The van der Waals surface area contributed by atoms with Gasteiger partial charge in [0.05, 0.1) is 11.6 Å². The van der Waals surface area contributed by atoms with Crippen LogP contribution >= 0.6 is 0 Å². The Morgan fingerprint density at radius 3 is 2.86 bits per heavy atom. The molecule has 2 rings (SSSR count). The highest BCUT2D eigenvalue weighted by atomic mass is 16.2. The molecular weight excluding hydrogens is 178 g/mol. The summed E-state index contributed by atoms with van der Waals surface area (Å²) in [6.07, 6.45) is 5.80. The minimum Gasteiger partial charge on any atom is -0.367 e. The lowest BCUT2D eigenvalue weighted by molar-refractivity contribution is -0.123. The molecule has 1 saturated carbocycles. The van der Waals surface area contributed by atoms with Crippen LogP contribution in [0.25, 0.3) is 0 Å². The molecule has 4 nitrogen and oxygen atoms in total. The van der Waals surface area contributed by atoms with Gasteiger partial charge in [-0.1, -0.05) is 0 Å². The summed E-state index contributed by atoms with van der Waals surface area (Å²) in [5.74, 6) is -0.0799. The summed E-state index contributed by atoms with van der Waals surface area (Å²) in [6.45, 7) is 1.70. The van der Waals surface area contributed by atoms with Crippen LogP contribution in [-0.4, -0.2) is 16.9 Å². The Bertz CT molecular complexity index is 325. The molecular formula is C10H15N3O. The summed E-state index contributed by atoms with van der Waals surface area (Å²) in [5, 5.41) is 2.99. The van der Waals surface area contributed by atoms with Crippen LogP contribution in [-0.2, 0) is 10.3 Å². The van der Waals surface area contributed by atoms with Gasteiger partial charge in [0.1, 0.15) is 0 Å². The number of rotatable bonds is 3. The SMILES string of the molecule is CC(N)C(=O)NC1(c2cc[nH]c2)CC1. The van der Waals surface area contributed by atoms with Crippen molar-refractivity contribution < 1.29 is 4.79 Å². The van der Waals surface area contributed by atoms with E-state index in [0.717, 1.165) is 18.4 Å². The molecule has 0 spiro atoms. The van der Waals surface area contributed by atoms with Crippen molar-refractivity contribution in [3.63, 3.8) is 0 Å². The van der Waals surface area contributed by atoms with Gasteiger partial charge in [-0.3, -0.25) is 4.79 Å². The van der Waals surface area contributed by atoms with Crippen LogP contribution in [0.1, 0.15) is 25.3 Å². The Balaban J connectivity index is 2.08. The molecule has 1 atom stereocenters. The lowest BCUT2D eigenvalue weighted by atomic mass is 10.1. The van der Waals surface area contributed by atoms with Crippen LogP contribution in [0.3, 0.4) is 0 Å². The molecule has 4 heteroatoms. The second-order valence-electron chi connectivity index (χ2n) is 3.96. The second kappa shape index (κ2) is 3.13. The zero-order valence-electron chi connectivity index (χ0n) is 8.21. The maximum Gasteiger partial charge on any atom is 0.237 e. The third-order valence-corrected chi connectivity index (χ3v) is 2.68. The molecule has 1 fully saturated rings. The topological polar surface area (TPSA) is 70.9 Å².